The largest absolute Gasteiger partial charge is 0.399 e. The van der Waals surface area contributed by atoms with Gasteiger partial charge in [0.15, 0.2) is 0 Å². The van der Waals surface area contributed by atoms with Crippen molar-refractivity contribution in [3.63, 3.8) is 0 Å². The van der Waals surface area contributed by atoms with Crippen LogP contribution in [-0.4, -0.2) is 24.8 Å². The molecule has 7 nitrogen and oxygen atoms in total. The highest BCUT2D eigenvalue weighted by Crippen LogP contribution is 2.34. The maximum atomic E-state index is 13.5. The van der Waals surface area contributed by atoms with E-state index >= 15 is 0 Å². The molecule has 0 radical (unpaired) electrons. The monoisotopic (exact) mass is 397 g/mol. The lowest BCUT2D eigenvalue weighted by Crippen LogP contribution is -1.98. The summed E-state index contributed by atoms with van der Waals surface area (Å²) in [6, 6.07) is 19.2. The molecule has 0 amide bonds. The maximum Gasteiger partial charge on any atom is 0.227 e. The van der Waals surface area contributed by atoms with Gasteiger partial charge in [0.05, 0.1) is 16.8 Å². The molecule has 0 saturated heterocycles. The lowest BCUT2D eigenvalue weighted by Gasteiger charge is -2.08. The molecule has 3 heterocycles. The Morgan fingerprint density at radius 2 is 1.83 bits per heavy atom. The highest BCUT2D eigenvalue weighted by Gasteiger charge is 2.18. The normalized spacial score (nSPS) is 11.0. The summed E-state index contributed by atoms with van der Waals surface area (Å²) in [4.78, 5) is 8.91. The van der Waals surface area contributed by atoms with Crippen LogP contribution in [0.2, 0.25) is 0 Å². The molecule has 5 rings (SSSR count). The second kappa shape index (κ2) is 7.25. The van der Waals surface area contributed by atoms with Crippen molar-refractivity contribution in [2.24, 2.45) is 0 Å². The minimum atomic E-state index is -0.339. The second-order valence-corrected chi connectivity index (χ2v) is 6.65. The number of nitrogens with two attached hydrogens (primary N) is 1. The van der Waals surface area contributed by atoms with Gasteiger partial charge >= 0.3 is 0 Å². The average molecular weight is 397 g/mol. The van der Waals surface area contributed by atoms with Gasteiger partial charge in [-0.2, -0.15) is 9.73 Å². The van der Waals surface area contributed by atoms with E-state index in [2.05, 4.69) is 25.5 Å². The van der Waals surface area contributed by atoms with Crippen LogP contribution in [0.15, 0.2) is 79.1 Å². The standard InChI is InChI=1S/C22H16FN7/c23-15-5-2-7-17(13-15)27-22-25-11-9-18(28-22)20-19-8-3-10-26-30(19)29-21(20)14-4-1-6-16(24)12-14/h1-13H,24H2,(H,25,27,28). The summed E-state index contributed by atoms with van der Waals surface area (Å²) in [5, 5.41) is 12.0. The zero-order valence-electron chi connectivity index (χ0n) is 15.7. The Labute approximate surface area is 171 Å². The third-order valence-electron chi connectivity index (χ3n) is 4.57. The van der Waals surface area contributed by atoms with E-state index < -0.39 is 0 Å². The molecule has 0 unspecified atom stereocenters. The van der Waals surface area contributed by atoms with Crippen LogP contribution in [0.4, 0.5) is 21.7 Å². The van der Waals surface area contributed by atoms with Gasteiger partial charge in [0.25, 0.3) is 0 Å². The van der Waals surface area contributed by atoms with Crippen molar-refractivity contribution in [2.45, 2.75) is 0 Å². The van der Waals surface area contributed by atoms with Crippen LogP contribution in [0, 0.1) is 5.82 Å². The van der Waals surface area contributed by atoms with E-state index in [0.29, 0.717) is 28.7 Å². The van der Waals surface area contributed by atoms with Crippen LogP contribution in [0.25, 0.3) is 28.0 Å². The minimum absolute atomic E-state index is 0.339. The molecule has 3 N–H and O–H groups in total. The van der Waals surface area contributed by atoms with Gasteiger partial charge in [-0.05, 0) is 48.5 Å². The molecule has 0 aliphatic carbocycles. The average Bonchev–Trinajstić information content (AvgIpc) is 3.14. The molecular weight excluding hydrogens is 381 g/mol. The van der Waals surface area contributed by atoms with Crippen LogP contribution in [-0.2, 0) is 0 Å². The van der Waals surface area contributed by atoms with E-state index in [1.807, 2.05) is 36.4 Å². The van der Waals surface area contributed by atoms with Crippen molar-refractivity contribution in [1.82, 2.24) is 24.8 Å². The van der Waals surface area contributed by atoms with Crippen molar-refractivity contribution in [1.29, 1.82) is 0 Å². The van der Waals surface area contributed by atoms with E-state index in [0.717, 1.165) is 16.6 Å². The van der Waals surface area contributed by atoms with Crippen molar-refractivity contribution in [3.8, 4) is 22.5 Å². The van der Waals surface area contributed by atoms with Crippen LogP contribution in [0.3, 0.4) is 0 Å². The molecule has 30 heavy (non-hydrogen) atoms. The smallest absolute Gasteiger partial charge is 0.227 e. The Balaban J connectivity index is 1.65. The third-order valence-corrected chi connectivity index (χ3v) is 4.57. The van der Waals surface area contributed by atoms with Gasteiger partial charge in [-0.3, -0.25) is 0 Å². The Bertz CT molecular complexity index is 1360. The van der Waals surface area contributed by atoms with Crippen molar-refractivity contribution in [3.05, 3.63) is 84.9 Å². The van der Waals surface area contributed by atoms with Gasteiger partial charge in [-0.25, -0.2) is 14.4 Å². The number of hydrogen-bond acceptors (Lipinski definition) is 6. The highest BCUT2D eigenvalue weighted by atomic mass is 19.1. The van der Waals surface area contributed by atoms with Crippen LogP contribution in [0.5, 0.6) is 0 Å². The van der Waals surface area contributed by atoms with Crippen LogP contribution >= 0.6 is 0 Å². The molecular formula is C22H16FN7. The summed E-state index contributed by atoms with van der Waals surface area (Å²) >= 11 is 0. The van der Waals surface area contributed by atoms with E-state index in [1.54, 1.807) is 35.2 Å². The van der Waals surface area contributed by atoms with Crippen LogP contribution < -0.4 is 11.1 Å². The number of benzene rings is 2. The lowest BCUT2D eigenvalue weighted by atomic mass is 10.0. The van der Waals surface area contributed by atoms with Gasteiger partial charge < -0.3 is 11.1 Å². The molecule has 0 aliphatic heterocycles. The molecule has 0 fully saturated rings. The predicted molar refractivity (Wildman–Crippen MR) is 114 cm³/mol. The van der Waals surface area contributed by atoms with Crippen molar-refractivity contribution in [2.75, 3.05) is 11.1 Å². The SMILES string of the molecule is Nc1cccc(-c2nn3ncccc3c2-c2ccnc(Nc3cccc(F)c3)n2)c1. The fourth-order valence-electron chi connectivity index (χ4n) is 3.29. The maximum absolute atomic E-state index is 13.5. The van der Waals surface area contributed by atoms with Gasteiger partial charge in [-0.15, -0.1) is 5.10 Å². The summed E-state index contributed by atoms with van der Waals surface area (Å²) in [6.07, 6.45) is 3.32. The van der Waals surface area contributed by atoms with E-state index in [9.17, 15) is 4.39 Å². The number of hydrogen-bond donors (Lipinski definition) is 2. The topological polar surface area (TPSA) is 94.0 Å². The highest BCUT2D eigenvalue weighted by molar-refractivity contribution is 5.91. The molecule has 0 spiro atoms. The fourth-order valence-corrected chi connectivity index (χ4v) is 3.29. The summed E-state index contributed by atoms with van der Waals surface area (Å²) in [7, 11) is 0. The number of rotatable bonds is 4. The summed E-state index contributed by atoms with van der Waals surface area (Å²) < 4.78 is 15.1. The number of nitrogens with zero attached hydrogens (tertiary/aromatic N) is 5. The molecule has 146 valence electrons. The Hall–Kier alpha value is -4.33. The zero-order valence-corrected chi connectivity index (χ0v) is 15.7. The molecule has 0 aliphatic rings. The summed E-state index contributed by atoms with van der Waals surface area (Å²) in [5.41, 5.74) is 11.0. The van der Waals surface area contributed by atoms with Gasteiger partial charge in [-0.1, -0.05) is 18.2 Å². The second-order valence-electron chi connectivity index (χ2n) is 6.65. The number of anilines is 3. The number of nitrogen functional groups attached to an aromatic ring is 1. The lowest BCUT2D eigenvalue weighted by molar-refractivity contribution is 0.628. The molecule has 3 aromatic heterocycles. The van der Waals surface area contributed by atoms with E-state index in [1.165, 1.54) is 12.1 Å². The third kappa shape index (κ3) is 3.30. The molecule has 2 aromatic carbocycles. The first-order chi connectivity index (χ1) is 14.7. The first-order valence-corrected chi connectivity index (χ1v) is 9.23. The summed E-state index contributed by atoms with van der Waals surface area (Å²) in [6.45, 7) is 0. The predicted octanol–water partition coefficient (Wildman–Crippen LogP) is 4.32. The Morgan fingerprint density at radius 3 is 2.70 bits per heavy atom. The first-order valence-electron chi connectivity index (χ1n) is 9.23. The van der Waals surface area contributed by atoms with Crippen LogP contribution in [0.1, 0.15) is 0 Å². The van der Waals surface area contributed by atoms with E-state index in [-0.39, 0.29) is 5.82 Å². The van der Waals surface area contributed by atoms with Gasteiger partial charge in [0.2, 0.25) is 5.95 Å². The van der Waals surface area contributed by atoms with Crippen molar-refractivity contribution >= 4 is 22.8 Å². The quantitative estimate of drug-likeness (QED) is 0.439. The molecule has 8 heteroatoms. The summed E-state index contributed by atoms with van der Waals surface area (Å²) in [5.74, 6) is 0.00803. The Kier molecular flexibility index (Phi) is 4.29. The molecule has 0 bridgehead atoms. The number of fused-ring (bicyclic) bond motifs is 1. The molecule has 5 aromatic rings. The zero-order chi connectivity index (χ0) is 20.5. The molecule has 0 saturated carbocycles. The fraction of sp³-hybridized carbons (Fsp3) is 0. The number of nitrogens with one attached hydrogen (secondary N) is 1. The minimum Gasteiger partial charge on any atom is -0.399 e. The first kappa shape index (κ1) is 17.7. The number of halogens is 1. The molecule has 0 atom stereocenters. The Morgan fingerprint density at radius 1 is 0.933 bits per heavy atom. The van der Waals surface area contributed by atoms with Gasteiger partial charge in [0, 0.05) is 29.3 Å². The van der Waals surface area contributed by atoms with Gasteiger partial charge in [0.1, 0.15) is 11.5 Å². The van der Waals surface area contributed by atoms with E-state index in [4.69, 9.17) is 5.73 Å². The van der Waals surface area contributed by atoms with Crippen molar-refractivity contribution < 1.29 is 4.39 Å². The number of aromatic nitrogens is 5.